The van der Waals surface area contributed by atoms with Crippen LogP contribution in [0, 0.1) is 0 Å². The molecular weight excluding hydrogens is 406 g/mol. The average molecular weight is 424 g/mol. The fourth-order valence-corrected chi connectivity index (χ4v) is 4.79. The second-order valence-corrected chi connectivity index (χ2v) is 8.27. The number of hydrogen-bond acceptors (Lipinski definition) is 6. The first-order chi connectivity index (χ1) is 15.3. The lowest BCUT2D eigenvalue weighted by molar-refractivity contribution is 0.574. The van der Waals surface area contributed by atoms with Crippen LogP contribution in [0.5, 0.6) is 0 Å². The lowest BCUT2D eigenvalue weighted by atomic mass is 10.2. The minimum atomic E-state index is 0.748. The number of furan rings is 1. The van der Waals surface area contributed by atoms with Gasteiger partial charge in [0, 0.05) is 17.6 Å². The molecule has 1 N–H and O–H groups in total. The smallest absolute Gasteiger partial charge is 0.176 e. The SMILES string of the molecule is Cn1c(-c2ccco2)nc2cc(Nc3ncnc4cc(-c5ccccc5)sc34)ccc21. The van der Waals surface area contributed by atoms with Crippen molar-refractivity contribution in [2.24, 2.45) is 7.05 Å². The quantitative estimate of drug-likeness (QED) is 0.363. The molecule has 6 nitrogen and oxygen atoms in total. The summed E-state index contributed by atoms with van der Waals surface area (Å²) >= 11 is 1.69. The van der Waals surface area contributed by atoms with Crippen LogP contribution in [-0.4, -0.2) is 19.5 Å². The van der Waals surface area contributed by atoms with Crippen molar-refractivity contribution in [3.05, 3.63) is 79.3 Å². The number of benzene rings is 2. The Morgan fingerprint density at radius 1 is 0.935 bits per heavy atom. The molecule has 0 aliphatic rings. The summed E-state index contributed by atoms with van der Waals surface area (Å²) in [4.78, 5) is 14.9. The van der Waals surface area contributed by atoms with E-state index in [4.69, 9.17) is 9.40 Å². The summed E-state index contributed by atoms with van der Waals surface area (Å²) in [5.74, 6) is 2.34. The first-order valence-corrected chi connectivity index (χ1v) is 10.7. The largest absolute Gasteiger partial charge is 0.461 e. The standard InChI is InChI=1S/C24H17N5OS/c1-29-19-10-9-16(12-17(19)28-24(29)20-8-5-11-30-20)27-23-22-18(25-14-26-23)13-21(31-22)15-6-3-2-4-7-15/h2-14H,1H3,(H,25,26,27). The normalized spacial score (nSPS) is 11.4. The average Bonchev–Trinajstić information content (AvgIpc) is 3.54. The van der Waals surface area contributed by atoms with Gasteiger partial charge in [0.25, 0.3) is 0 Å². The highest BCUT2D eigenvalue weighted by Crippen LogP contribution is 2.36. The summed E-state index contributed by atoms with van der Waals surface area (Å²) in [6, 6.07) is 22.3. The van der Waals surface area contributed by atoms with Gasteiger partial charge in [-0.2, -0.15) is 0 Å². The Morgan fingerprint density at radius 2 is 1.84 bits per heavy atom. The fourth-order valence-electron chi connectivity index (χ4n) is 3.73. The van der Waals surface area contributed by atoms with Crippen LogP contribution in [0.2, 0.25) is 0 Å². The van der Waals surface area contributed by atoms with E-state index < -0.39 is 0 Å². The molecule has 0 spiro atoms. The van der Waals surface area contributed by atoms with Crippen LogP contribution in [-0.2, 0) is 7.05 Å². The van der Waals surface area contributed by atoms with Gasteiger partial charge >= 0.3 is 0 Å². The highest BCUT2D eigenvalue weighted by Gasteiger charge is 2.14. The summed E-state index contributed by atoms with van der Waals surface area (Å²) in [5, 5.41) is 3.45. The molecule has 7 heteroatoms. The van der Waals surface area contributed by atoms with Crippen LogP contribution in [0.3, 0.4) is 0 Å². The van der Waals surface area contributed by atoms with Gasteiger partial charge in [-0.15, -0.1) is 11.3 Å². The number of anilines is 2. The second-order valence-electron chi connectivity index (χ2n) is 7.21. The van der Waals surface area contributed by atoms with Gasteiger partial charge in [-0.25, -0.2) is 15.0 Å². The van der Waals surface area contributed by atoms with Gasteiger partial charge < -0.3 is 14.3 Å². The zero-order valence-corrected chi connectivity index (χ0v) is 17.4. The van der Waals surface area contributed by atoms with Crippen molar-refractivity contribution >= 4 is 44.1 Å². The zero-order chi connectivity index (χ0) is 20.8. The van der Waals surface area contributed by atoms with E-state index in [1.807, 2.05) is 54.1 Å². The third-order valence-corrected chi connectivity index (χ3v) is 6.43. The van der Waals surface area contributed by atoms with Crippen LogP contribution in [0.4, 0.5) is 11.5 Å². The Labute approximate surface area is 181 Å². The number of aryl methyl sites for hydroxylation is 1. The van der Waals surface area contributed by atoms with Crippen molar-refractivity contribution < 1.29 is 4.42 Å². The van der Waals surface area contributed by atoms with E-state index >= 15 is 0 Å². The van der Waals surface area contributed by atoms with E-state index in [1.165, 1.54) is 10.4 Å². The summed E-state index contributed by atoms with van der Waals surface area (Å²) in [6.07, 6.45) is 3.26. The van der Waals surface area contributed by atoms with Crippen LogP contribution in [0.1, 0.15) is 0 Å². The Hall–Kier alpha value is -3.97. The van der Waals surface area contributed by atoms with E-state index in [1.54, 1.807) is 23.9 Å². The minimum absolute atomic E-state index is 0.748. The molecule has 0 aliphatic heterocycles. The van der Waals surface area contributed by atoms with E-state index in [-0.39, 0.29) is 0 Å². The van der Waals surface area contributed by atoms with E-state index in [9.17, 15) is 0 Å². The molecule has 31 heavy (non-hydrogen) atoms. The van der Waals surface area contributed by atoms with Gasteiger partial charge in [0.15, 0.2) is 17.4 Å². The predicted molar refractivity (Wildman–Crippen MR) is 125 cm³/mol. The molecular formula is C24H17N5OS. The van der Waals surface area contributed by atoms with Gasteiger partial charge in [-0.1, -0.05) is 30.3 Å². The lowest BCUT2D eigenvalue weighted by Crippen LogP contribution is -1.94. The molecule has 150 valence electrons. The van der Waals surface area contributed by atoms with Gasteiger partial charge in [0.05, 0.1) is 27.5 Å². The zero-order valence-electron chi connectivity index (χ0n) is 16.6. The number of hydrogen-bond donors (Lipinski definition) is 1. The highest BCUT2D eigenvalue weighted by atomic mass is 32.1. The predicted octanol–water partition coefficient (Wildman–Crippen LogP) is 6.25. The number of imidazole rings is 1. The van der Waals surface area contributed by atoms with Gasteiger partial charge in [-0.3, -0.25) is 0 Å². The molecule has 0 atom stereocenters. The van der Waals surface area contributed by atoms with Crippen LogP contribution < -0.4 is 5.32 Å². The summed E-state index contributed by atoms with van der Waals surface area (Å²) in [7, 11) is 1.99. The first-order valence-electron chi connectivity index (χ1n) is 9.83. The van der Waals surface area contributed by atoms with E-state index in [0.717, 1.165) is 44.3 Å². The maximum absolute atomic E-state index is 5.53. The molecule has 0 saturated heterocycles. The second kappa shape index (κ2) is 7.07. The van der Waals surface area contributed by atoms with Crippen LogP contribution >= 0.6 is 11.3 Å². The van der Waals surface area contributed by atoms with Crippen molar-refractivity contribution in [3.8, 4) is 22.0 Å². The van der Waals surface area contributed by atoms with Crippen molar-refractivity contribution in [1.82, 2.24) is 19.5 Å². The first kappa shape index (κ1) is 17.9. The summed E-state index contributed by atoms with van der Waals surface area (Å²) in [6.45, 7) is 0. The van der Waals surface area contributed by atoms with Gasteiger partial charge in [-0.05, 0) is 42.0 Å². The third-order valence-electron chi connectivity index (χ3n) is 5.25. The fraction of sp³-hybridized carbons (Fsp3) is 0.0417. The molecule has 4 heterocycles. The monoisotopic (exact) mass is 423 g/mol. The van der Waals surface area contributed by atoms with Crippen molar-refractivity contribution in [1.29, 1.82) is 0 Å². The third kappa shape index (κ3) is 3.06. The maximum Gasteiger partial charge on any atom is 0.176 e. The number of aromatic nitrogens is 4. The van der Waals surface area contributed by atoms with Crippen molar-refractivity contribution in [2.75, 3.05) is 5.32 Å². The van der Waals surface area contributed by atoms with Crippen molar-refractivity contribution in [2.45, 2.75) is 0 Å². The van der Waals surface area contributed by atoms with Gasteiger partial charge in [0.1, 0.15) is 6.33 Å². The molecule has 0 unspecified atom stereocenters. The molecule has 0 fully saturated rings. The molecule has 0 saturated carbocycles. The molecule has 0 amide bonds. The molecule has 0 aliphatic carbocycles. The summed E-state index contributed by atoms with van der Waals surface area (Å²) < 4.78 is 8.59. The van der Waals surface area contributed by atoms with E-state index in [2.05, 4.69) is 39.6 Å². The molecule has 4 aromatic heterocycles. The Kier molecular flexibility index (Phi) is 4.07. The number of thiophene rings is 1. The molecule has 0 radical (unpaired) electrons. The Morgan fingerprint density at radius 3 is 2.68 bits per heavy atom. The summed E-state index contributed by atoms with van der Waals surface area (Å²) in [5.41, 5.74) is 4.95. The topological polar surface area (TPSA) is 68.8 Å². The van der Waals surface area contributed by atoms with Crippen molar-refractivity contribution in [3.63, 3.8) is 0 Å². The number of nitrogens with one attached hydrogen (secondary N) is 1. The number of nitrogens with zero attached hydrogens (tertiary/aromatic N) is 4. The van der Waals surface area contributed by atoms with Gasteiger partial charge in [0.2, 0.25) is 0 Å². The number of fused-ring (bicyclic) bond motifs is 2. The highest BCUT2D eigenvalue weighted by molar-refractivity contribution is 7.22. The molecule has 2 aromatic carbocycles. The van der Waals surface area contributed by atoms with Crippen LogP contribution in [0.15, 0.2) is 83.7 Å². The maximum atomic E-state index is 5.53. The Balaban J connectivity index is 1.39. The molecule has 6 aromatic rings. The molecule has 6 rings (SSSR count). The van der Waals surface area contributed by atoms with E-state index in [0.29, 0.717) is 0 Å². The molecule has 0 bridgehead atoms. The minimum Gasteiger partial charge on any atom is -0.461 e. The van der Waals surface area contributed by atoms with Crippen LogP contribution in [0.25, 0.3) is 43.3 Å². The number of rotatable bonds is 4. The lowest BCUT2D eigenvalue weighted by Gasteiger charge is -2.06. The Bertz CT molecular complexity index is 1520.